The van der Waals surface area contributed by atoms with Crippen molar-refractivity contribution in [2.75, 3.05) is 10.6 Å². The number of carbonyl (C=O) groups excluding carboxylic acids is 1. The van der Waals surface area contributed by atoms with Crippen LogP contribution in [0.2, 0.25) is 0 Å². The summed E-state index contributed by atoms with van der Waals surface area (Å²) in [6.45, 7) is 10.1. The molecule has 0 atom stereocenters. The number of aromatic nitrogens is 1. The molecule has 194 valence electrons. The number of carboxylic acid groups (broad SMARTS) is 1. The summed E-state index contributed by atoms with van der Waals surface area (Å²) in [5, 5.41) is 20.2. The molecule has 1 aromatic heterocycles. The lowest BCUT2D eigenvalue weighted by Gasteiger charge is -2.34. The lowest BCUT2D eigenvalue weighted by Crippen LogP contribution is -2.51. The van der Waals surface area contributed by atoms with E-state index in [-0.39, 0.29) is 0 Å². The van der Waals surface area contributed by atoms with Gasteiger partial charge in [-0.15, -0.1) is 0 Å². The predicted octanol–water partition coefficient (Wildman–Crippen LogP) is 6.93. The third-order valence-corrected chi connectivity index (χ3v) is 7.18. The molecule has 37 heavy (non-hydrogen) atoms. The number of anilines is 2. The fourth-order valence-electron chi connectivity index (χ4n) is 5.33. The smallest absolute Gasteiger partial charge is 0.329 e. The van der Waals surface area contributed by atoms with E-state index in [9.17, 15) is 14.7 Å². The number of urea groups is 1. The maximum atomic E-state index is 13.1. The van der Waals surface area contributed by atoms with Gasteiger partial charge >= 0.3 is 12.0 Å². The fourth-order valence-corrected chi connectivity index (χ4v) is 5.33. The number of hydrogen-bond acceptors (Lipinski definition) is 4. The van der Waals surface area contributed by atoms with Gasteiger partial charge in [0, 0.05) is 11.1 Å². The molecule has 0 bridgehead atoms. The second kappa shape index (κ2) is 11.0. The van der Waals surface area contributed by atoms with Crippen LogP contribution in [0.25, 0.3) is 16.6 Å². The molecule has 0 aliphatic heterocycles. The highest BCUT2D eigenvalue weighted by molar-refractivity contribution is 6.03. The molecule has 0 unspecified atom stereocenters. The van der Waals surface area contributed by atoms with Crippen LogP contribution in [-0.4, -0.2) is 27.6 Å². The maximum Gasteiger partial charge on any atom is 0.329 e. The third-order valence-electron chi connectivity index (χ3n) is 7.18. The molecule has 1 aliphatic rings. The van der Waals surface area contributed by atoms with Gasteiger partial charge in [-0.2, -0.15) is 0 Å². The quantitative estimate of drug-likeness (QED) is 0.294. The van der Waals surface area contributed by atoms with E-state index in [2.05, 4.69) is 22.5 Å². The van der Waals surface area contributed by atoms with Crippen LogP contribution in [0.3, 0.4) is 0 Å². The Morgan fingerprint density at radius 1 is 0.919 bits per heavy atom. The molecule has 0 spiro atoms. The number of nitrogens with zero attached hydrogens (tertiary/aromatic N) is 1. The first-order chi connectivity index (χ1) is 17.7. The first kappa shape index (κ1) is 26.2. The van der Waals surface area contributed by atoms with Gasteiger partial charge < -0.3 is 21.1 Å². The summed E-state index contributed by atoms with van der Waals surface area (Å²) in [7, 11) is 0. The lowest BCUT2D eigenvalue weighted by atomic mass is 9.83. The molecule has 4 N–H and O–H groups in total. The topological polar surface area (TPSA) is 103 Å². The zero-order valence-electron chi connectivity index (χ0n) is 21.9. The van der Waals surface area contributed by atoms with Crippen LogP contribution in [0.4, 0.5) is 16.2 Å². The Labute approximate surface area is 218 Å². The van der Waals surface area contributed by atoms with Crippen LogP contribution in [0, 0.1) is 20.8 Å². The number of fused-ring (bicyclic) bond motifs is 1. The number of para-hydroxylation sites is 1. The van der Waals surface area contributed by atoms with E-state index in [0.29, 0.717) is 29.9 Å². The van der Waals surface area contributed by atoms with E-state index < -0.39 is 17.5 Å². The number of benzene rings is 2. The second-order valence-electron chi connectivity index (χ2n) is 10.2. The molecule has 1 aliphatic carbocycles. The first-order valence-electron chi connectivity index (χ1n) is 12.9. The first-order valence-corrected chi connectivity index (χ1v) is 12.9. The average Bonchev–Trinajstić information content (AvgIpc) is 2.82. The molecular weight excluding hydrogens is 464 g/mol. The third kappa shape index (κ3) is 5.93. The highest BCUT2D eigenvalue weighted by Crippen LogP contribution is 2.32. The van der Waals surface area contributed by atoms with Gasteiger partial charge in [-0.25, -0.2) is 14.6 Å². The molecule has 0 saturated heterocycles. The van der Waals surface area contributed by atoms with Crippen LogP contribution in [-0.2, 0) is 4.79 Å². The largest absolute Gasteiger partial charge is 0.480 e. The maximum absolute atomic E-state index is 13.1. The van der Waals surface area contributed by atoms with E-state index in [1.807, 2.05) is 63.2 Å². The Morgan fingerprint density at radius 3 is 2.19 bits per heavy atom. The number of rotatable bonds is 6. The van der Waals surface area contributed by atoms with Gasteiger partial charge in [0.2, 0.25) is 0 Å². The number of nitrogens with one attached hydrogen (secondary N) is 3. The van der Waals surface area contributed by atoms with Gasteiger partial charge in [-0.1, -0.05) is 74.6 Å². The van der Waals surface area contributed by atoms with Crippen LogP contribution in [0.15, 0.2) is 49.0 Å². The standard InChI is InChI=1S/C30H36N4O3/c1-19-16-20(2)26(21(3)17-19)33-29(37)32-25-18-23-12-8-9-13-24(23)31-27(25)22(4)34-30(28(35)36)14-10-6-5-7-11-15-30/h8-9,12-13,16-18,34H,4-7,10-11,14-15H2,1-3H3,(H,35,36)(H2,32,33,37). The number of carboxylic acids is 1. The predicted molar refractivity (Wildman–Crippen MR) is 150 cm³/mol. The van der Waals surface area contributed by atoms with Crippen molar-refractivity contribution in [1.82, 2.24) is 10.3 Å². The van der Waals surface area contributed by atoms with Crippen molar-refractivity contribution < 1.29 is 14.7 Å². The van der Waals surface area contributed by atoms with E-state index in [4.69, 9.17) is 4.98 Å². The van der Waals surface area contributed by atoms with Crippen molar-refractivity contribution in [3.8, 4) is 0 Å². The van der Waals surface area contributed by atoms with Crippen LogP contribution < -0.4 is 16.0 Å². The number of aryl methyl sites for hydroxylation is 3. The van der Waals surface area contributed by atoms with Gasteiger partial charge in [-0.3, -0.25) is 0 Å². The molecule has 7 heteroatoms. The molecule has 3 aromatic rings. The Kier molecular flexibility index (Phi) is 7.81. The van der Waals surface area contributed by atoms with Crippen LogP contribution in [0.1, 0.15) is 67.3 Å². The monoisotopic (exact) mass is 500 g/mol. The summed E-state index contributed by atoms with van der Waals surface area (Å²) in [5.41, 5.74) is 4.73. The summed E-state index contributed by atoms with van der Waals surface area (Å²) >= 11 is 0. The van der Waals surface area contributed by atoms with Crippen molar-refractivity contribution in [2.45, 2.75) is 71.3 Å². The van der Waals surface area contributed by atoms with Crippen molar-refractivity contribution in [1.29, 1.82) is 0 Å². The minimum Gasteiger partial charge on any atom is -0.480 e. The Bertz CT molecular complexity index is 1320. The van der Waals surface area contributed by atoms with Crippen molar-refractivity contribution in [3.05, 3.63) is 71.4 Å². The molecule has 4 rings (SSSR count). The number of aliphatic carboxylic acids is 1. The summed E-state index contributed by atoms with van der Waals surface area (Å²) in [6.07, 6.45) is 5.87. The molecule has 7 nitrogen and oxygen atoms in total. The molecule has 2 aromatic carbocycles. The van der Waals surface area contributed by atoms with Gasteiger partial charge in [-0.05, 0) is 56.9 Å². The van der Waals surface area contributed by atoms with E-state index in [1.54, 1.807) is 0 Å². The fraction of sp³-hybridized carbons (Fsp3) is 0.367. The van der Waals surface area contributed by atoms with Crippen LogP contribution >= 0.6 is 0 Å². The molecule has 1 heterocycles. The molecule has 1 saturated carbocycles. The second-order valence-corrected chi connectivity index (χ2v) is 10.2. The summed E-state index contributed by atoms with van der Waals surface area (Å²) in [6, 6.07) is 13.1. The zero-order valence-corrected chi connectivity index (χ0v) is 21.9. The normalized spacial score (nSPS) is 15.3. The summed E-state index contributed by atoms with van der Waals surface area (Å²) < 4.78 is 0. The molecule has 2 amide bonds. The summed E-state index contributed by atoms with van der Waals surface area (Å²) in [4.78, 5) is 30.4. The van der Waals surface area contributed by atoms with E-state index in [0.717, 1.165) is 65.4 Å². The summed E-state index contributed by atoms with van der Waals surface area (Å²) in [5.74, 6) is -0.881. The van der Waals surface area contributed by atoms with Crippen molar-refractivity contribution in [2.24, 2.45) is 0 Å². The Morgan fingerprint density at radius 2 is 1.54 bits per heavy atom. The van der Waals surface area contributed by atoms with Crippen molar-refractivity contribution in [3.63, 3.8) is 0 Å². The lowest BCUT2D eigenvalue weighted by molar-refractivity contribution is -0.145. The van der Waals surface area contributed by atoms with Crippen molar-refractivity contribution >= 4 is 40.0 Å². The number of amides is 2. The molecule has 1 fully saturated rings. The SMILES string of the molecule is C=C(NC1(C(=O)O)CCCCCCC1)c1nc2ccccc2cc1NC(=O)Nc1c(C)cc(C)cc1C. The zero-order chi connectivity index (χ0) is 26.6. The number of pyridine rings is 1. The number of hydrogen-bond donors (Lipinski definition) is 4. The van der Waals surface area contributed by atoms with Crippen LogP contribution in [0.5, 0.6) is 0 Å². The van der Waals surface area contributed by atoms with Gasteiger partial charge in [0.05, 0.1) is 16.9 Å². The molecular formula is C30H36N4O3. The Hall–Kier alpha value is -3.87. The average molecular weight is 501 g/mol. The molecule has 0 radical (unpaired) electrons. The Balaban J connectivity index is 1.66. The number of carbonyl (C=O) groups is 2. The van der Waals surface area contributed by atoms with Gasteiger partial charge in [0.1, 0.15) is 11.2 Å². The minimum absolute atomic E-state index is 0.381. The highest BCUT2D eigenvalue weighted by Gasteiger charge is 2.39. The van der Waals surface area contributed by atoms with Gasteiger partial charge in [0.15, 0.2) is 0 Å². The highest BCUT2D eigenvalue weighted by atomic mass is 16.4. The van der Waals surface area contributed by atoms with E-state index >= 15 is 0 Å². The van der Waals surface area contributed by atoms with Gasteiger partial charge in [0.25, 0.3) is 0 Å². The minimum atomic E-state index is -1.11. The van der Waals surface area contributed by atoms with E-state index in [1.165, 1.54) is 0 Å².